The van der Waals surface area contributed by atoms with Crippen molar-refractivity contribution in [3.8, 4) is 38.9 Å². The fraction of sp³-hybridized carbons (Fsp3) is 0.0400. The predicted octanol–water partition coefficient (Wildman–Crippen LogP) is 7.57. The Morgan fingerprint density at radius 3 is 1.94 bits per heavy atom. The van der Waals surface area contributed by atoms with E-state index in [1.54, 1.807) is 28.9 Å². The summed E-state index contributed by atoms with van der Waals surface area (Å²) in [4.78, 5) is 5.88. The van der Waals surface area contributed by atoms with Crippen molar-refractivity contribution in [1.29, 1.82) is 0 Å². The summed E-state index contributed by atoms with van der Waals surface area (Å²) in [5, 5.41) is 5.76. The molecule has 32 heavy (non-hydrogen) atoms. The summed E-state index contributed by atoms with van der Waals surface area (Å²) >= 11 is 8.29. The van der Waals surface area contributed by atoms with Crippen LogP contribution < -0.4 is 0 Å². The van der Waals surface area contributed by atoms with Gasteiger partial charge in [-0.25, -0.2) is 18.4 Å². The van der Waals surface area contributed by atoms with E-state index >= 15 is 0 Å². The highest BCUT2D eigenvalue weighted by molar-refractivity contribution is 7.14. The van der Waals surface area contributed by atoms with E-state index in [1.165, 1.54) is 35.6 Å². The fourth-order valence-corrected chi connectivity index (χ4v) is 4.75. The number of aromatic nitrogens is 3. The molecule has 3 aromatic carbocycles. The first-order chi connectivity index (χ1) is 15.5. The molecule has 0 saturated carbocycles. The lowest BCUT2D eigenvalue weighted by Gasteiger charge is -2.05. The zero-order valence-corrected chi connectivity index (χ0v) is 18.5. The van der Waals surface area contributed by atoms with Crippen molar-refractivity contribution in [2.45, 2.75) is 6.92 Å². The highest BCUT2D eigenvalue weighted by Gasteiger charge is 2.23. The van der Waals surface area contributed by atoms with Crippen LogP contribution >= 0.6 is 22.9 Å². The van der Waals surface area contributed by atoms with Gasteiger partial charge in [-0.3, -0.25) is 0 Å². The van der Waals surface area contributed by atoms with Gasteiger partial charge in [0, 0.05) is 21.6 Å². The minimum absolute atomic E-state index is 0.342. The second-order valence-corrected chi connectivity index (χ2v) is 8.76. The number of nitrogens with zero attached hydrogens (tertiary/aromatic N) is 3. The van der Waals surface area contributed by atoms with Gasteiger partial charge >= 0.3 is 0 Å². The number of benzene rings is 3. The van der Waals surface area contributed by atoms with E-state index in [0.29, 0.717) is 32.7 Å². The molecule has 0 spiro atoms. The Kier molecular flexibility index (Phi) is 5.33. The molecule has 0 atom stereocenters. The lowest BCUT2D eigenvalue weighted by molar-refractivity contribution is 0.627. The zero-order valence-electron chi connectivity index (χ0n) is 16.9. The monoisotopic (exact) mass is 463 g/mol. The minimum atomic E-state index is -0.342. The molecule has 7 heteroatoms. The molecule has 0 unspecified atom stereocenters. The van der Waals surface area contributed by atoms with Crippen molar-refractivity contribution in [1.82, 2.24) is 14.8 Å². The molecule has 0 aliphatic carbocycles. The molecular formula is C25H16ClF2N3S. The maximum atomic E-state index is 13.6. The standard InChI is InChI=1S/C25H16ClF2N3S/c1-15-22(16-5-3-2-4-6-16)29-25(32-15)31-24(18-9-13-20(28)14-10-18)21(26)23(30-31)17-7-11-19(27)12-8-17/h2-14H,1H3. The van der Waals surface area contributed by atoms with Crippen molar-refractivity contribution in [3.63, 3.8) is 0 Å². The molecule has 158 valence electrons. The van der Waals surface area contributed by atoms with Crippen LogP contribution in [-0.2, 0) is 0 Å². The Labute approximate surface area is 192 Å². The summed E-state index contributed by atoms with van der Waals surface area (Å²) < 4.78 is 28.7. The van der Waals surface area contributed by atoms with Crippen LogP contribution in [-0.4, -0.2) is 14.8 Å². The van der Waals surface area contributed by atoms with Crippen LogP contribution in [0.25, 0.3) is 38.9 Å². The van der Waals surface area contributed by atoms with Crippen LogP contribution in [0.5, 0.6) is 0 Å². The van der Waals surface area contributed by atoms with E-state index in [9.17, 15) is 8.78 Å². The molecule has 0 aliphatic heterocycles. The third-order valence-corrected chi connectivity index (χ3v) is 6.38. The van der Waals surface area contributed by atoms with Gasteiger partial charge in [-0.15, -0.1) is 0 Å². The third kappa shape index (κ3) is 3.72. The Bertz CT molecular complexity index is 1390. The smallest absolute Gasteiger partial charge is 0.211 e. The summed E-state index contributed by atoms with van der Waals surface area (Å²) in [5.74, 6) is -0.683. The highest BCUT2D eigenvalue weighted by Crippen LogP contribution is 2.40. The van der Waals surface area contributed by atoms with Gasteiger partial charge in [0.15, 0.2) is 0 Å². The van der Waals surface area contributed by atoms with Crippen molar-refractivity contribution < 1.29 is 8.78 Å². The van der Waals surface area contributed by atoms with Gasteiger partial charge in [-0.05, 0) is 55.5 Å². The molecule has 0 bridgehead atoms. The number of thiazole rings is 1. The van der Waals surface area contributed by atoms with E-state index in [2.05, 4.69) is 0 Å². The van der Waals surface area contributed by atoms with Crippen molar-refractivity contribution in [3.05, 3.63) is 100 Å². The summed E-state index contributed by atoms with van der Waals surface area (Å²) in [6, 6.07) is 22.0. The Balaban J connectivity index is 1.72. The molecular weight excluding hydrogens is 448 g/mol. The summed E-state index contributed by atoms with van der Waals surface area (Å²) in [6.45, 7) is 2.01. The number of hydrogen-bond donors (Lipinski definition) is 0. The first-order valence-corrected chi connectivity index (χ1v) is 11.0. The van der Waals surface area contributed by atoms with Crippen LogP contribution in [0.4, 0.5) is 8.78 Å². The second kappa shape index (κ2) is 8.30. The number of rotatable bonds is 4. The molecule has 5 rings (SSSR count). The molecule has 2 heterocycles. The van der Waals surface area contributed by atoms with Gasteiger partial charge in [0.2, 0.25) is 5.13 Å². The Hall–Kier alpha value is -3.35. The molecule has 0 saturated heterocycles. The average Bonchev–Trinajstić information content (AvgIpc) is 3.36. The van der Waals surface area contributed by atoms with Crippen LogP contribution in [0, 0.1) is 18.6 Å². The topological polar surface area (TPSA) is 30.7 Å². The number of hydrogen-bond acceptors (Lipinski definition) is 3. The molecule has 5 aromatic rings. The molecule has 0 fully saturated rings. The lowest BCUT2D eigenvalue weighted by atomic mass is 10.1. The van der Waals surface area contributed by atoms with Crippen molar-refractivity contribution in [2.24, 2.45) is 0 Å². The normalized spacial score (nSPS) is 11.1. The third-order valence-electron chi connectivity index (χ3n) is 5.08. The van der Waals surface area contributed by atoms with E-state index < -0.39 is 0 Å². The van der Waals surface area contributed by atoms with Gasteiger partial charge in [0.05, 0.1) is 16.4 Å². The fourth-order valence-electron chi connectivity index (χ4n) is 3.52. The Morgan fingerprint density at radius 1 is 0.750 bits per heavy atom. The molecule has 3 nitrogen and oxygen atoms in total. The van der Waals surface area contributed by atoms with E-state index in [-0.39, 0.29) is 11.6 Å². The Morgan fingerprint density at radius 2 is 1.31 bits per heavy atom. The van der Waals surface area contributed by atoms with Gasteiger partial charge in [-0.1, -0.05) is 53.3 Å². The van der Waals surface area contributed by atoms with Gasteiger partial charge in [0.25, 0.3) is 0 Å². The summed E-state index contributed by atoms with van der Waals surface area (Å²) in [5.41, 5.74) is 4.35. The summed E-state index contributed by atoms with van der Waals surface area (Å²) in [6.07, 6.45) is 0. The van der Waals surface area contributed by atoms with Gasteiger partial charge < -0.3 is 0 Å². The lowest BCUT2D eigenvalue weighted by Crippen LogP contribution is -1.99. The number of aryl methyl sites for hydroxylation is 1. The first-order valence-electron chi connectivity index (χ1n) is 9.85. The maximum absolute atomic E-state index is 13.6. The second-order valence-electron chi connectivity index (χ2n) is 7.20. The molecule has 0 radical (unpaired) electrons. The quantitative estimate of drug-likeness (QED) is 0.275. The van der Waals surface area contributed by atoms with Crippen molar-refractivity contribution in [2.75, 3.05) is 0 Å². The average molecular weight is 464 g/mol. The molecule has 0 aliphatic rings. The minimum Gasteiger partial charge on any atom is -0.218 e. The molecule has 0 N–H and O–H groups in total. The summed E-state index contributed by atoms with van der Waals surface area (Å²) in [7, 11) is 0. The van der Waals surface area contributed by atoms with Gasteiger partial charge in [0.1, 0.15) is 17.3 Å². The predicted molar refractivity (Wildman–Crippen MR) is 125 cm³/mol. The zero-order chi connectivity index (χ0) is 22.2. The maximum Gasteiger partial charge on any atom is 0.211 e. The van der Waals surface area contributed by atoms with Crippen LogP contribution in [0.15, 0.2) is 78.9 Å². The SMILES string of the molecule is Cc1sc(-n2nc(-c3ccc(F)cc3)c(Cl)c2-c2ccc(F)cc2)nc1-c1ccccc1. The van der Waals surface area contributed by atoms with Gasteiger partial charge in [-0.2, -0.15) is 5.10 Å². The number of halogens is 3. The van der Waals surface area contributed by atoms with E-state index in [0.717, 1.165) is 16.1 Å². The molecule has 0 amide bonds. The van der Waals surface area contributed by atoms with Crippen LogP contribution in [0.3, 0.4) is 0 Å². The largest absolute Gasteiger partial charge is 0.218 e. The van der Waals surface area contributed by atoms with E-state index in [1.807, 2.05) is 37.3 Å². The first kappa shape index (κ1) is 20.5. The van der Waals surface area contributed by atoms with Crippen LogP contribution in [0.2, 0.25) is 5.02 Å². The van der Waals surface area contributed by atoms with E-state index in [4.69, 9.17) is 21.7 Å². The van der Waals surface area contributed by atoms with Crippen molar-refractivity contribution >= 4 is 22.9 Å². The highest BCUT2D eigenvalue weighted by atomic mass is 35.5. The molecule has 2 aromatic heterocycles. The van der Waals surface area contributed by atoms with Crippen LogP contribution in [0.1, 0.15) is 4.88 Å².